The van der Waals surface area contributed by atoms with Crippen molar-refractivity contribution in [1.82, 2.24) is 4.57 Å². The number of nitrogens with zero attached hydrogens (tertiary/aromatic N) is 3. The first-order valence-electron chi connectivity index (χ1n) is 7.83. The third-order valence-corrected chi connectivity index (χ3v) is 6.24. The van der Waals surface area contributed by atoms with Crippen molar-refractivity contribution in [1.29, 1.82) is 0 Å². The summed E-state index contributed by atoms with van der Waals surface area (Å²) < 4.78 is 26.0. The van der Waals surface area contributed by atoms with E-state index < -0.39 is 9.84 Å². The Kier molecular flexibility index (Phi) is 4.72. The molecule has 136 valence electrons. The third kappa shape index (κ3) is 3.56. The third-order valence-electron chi connectivity index (χ3n) is 4.04. The number of anilines is 1. The van der Waals surface area contributed by atoms with E-state index in [1.165, 1.54) is 17.6 Å². The van der Waals surface area contributed by atoms with Crippen LogP contribution in [0.3, 0.4) is 0 Å². The first-order valence-corrected chi connectivity index (χ1v) is 10.5. The smallest absolute Gasteiger partial charge is 0.279 e. The van der Waals surface area contributed by atoms with E-state index >= 15 is 0 Å². The molecule has 3 rings (SSSR count). The summed E-state index contributed by atoms with van der Waals surface area (Å²) in [5.74, 6) is -0.333. The van der Waals surface area contributed by atoms with Crippen LogP contribution in [0.25, 0.3) is 10.2 Å². The van der Waals surface area contributed by atoms with Crippen LogP contribution in [0.5, 0.6) is 0 Å². The predicted octanol–water partition coefficient (Wildman–Crippen LogP) is 2.45. The van der Waals surface area contributed by atoms with E-state index in [0.717, 1.165) is 15.9 Å². The van der Waals surface area contributed by atoms with Crippen LogP contribution in [0.15, 0.2) is 52.4 Å². The zero-order valence-corrected chi connectivity index (χ0v) is 16.6. The van der Waals surface area contributed by atoms with Crippen LogP contribution in [0.2, 0.25) is 0 Å². The van der Waals surface area contributed by atoms with Crippen LogP contribution in [0, 0.1) is 0 Å². The Balaban J connectivity index is 2.03. The minimum absolute atomic E-state index is 0.254. The lowest BCUT2D eigenvalue weighted by Crippen LogP contribution is -2.13. The predicted molar refractivity (Wildman–Crippen MR) is 105 cm³/mol. The Morgan fingerprint density at radius 2 is 1.77 bits per heavy atom. The fraction of sp³-hybridized carbons (Fsp3) is 0.222. The molecule has 8 heteroatoms. The van der Waals surface area contributed by atoms with Gasteiger partial charge in [0.2, 0.25) is 0 Å². The molecule has 1 amide bonds. The number of aryl methyl sites for hydroxylation is 1. The highest BCUT2D eigenvalue weighted by Crippen LogP contribution is 2.21. The van der Waals surface area contributed by atoms with E-state index in [1.54, 1.807) is 41.9 Å². The summed E-state index contributed by atoms with van der Waals surface area (Å²) in [5, 5.41) is 0. The lowest BCUT2D eigenvalue weighted by atomic mass is 10.2. The van der Waals surface area contributed by atoms with Crippen molar-refractivity contribution in [3.05, 3.63) is 52.8 Å². The number of benzene rings is 2. The first-order chi connectivity index (χ1) is 12.2. The van der Waals surface area contributed by atoms with Crippen LogP contribution in [0.1, 0.15) is 10.4 Å². The second kappa shape index (κ2) is 6.69. The van der Waals surface area contributed by atoms with Crippen LogP contribution in [-0.2, 0) is 16.9 Å². The summed E-state index contributed by atoms with van der Waals surface area (Å²) in [6, 6.07) is 12.1. The van der Waals surface area contributed by atoms with Crippen LogP contribution in [0.4, 0.5) is 5.69 Å². The van der Waals surface area contributed by atoms with Gasteiger partial charge in [-0.2, -0.15) is 4.99 Å². The number of amides is 1. The van der Waals surface area contributed by atoms with Gasteiger partial charge < -0.3 is 9.47 Å². The van der Waals surface area contributed by atoms with E-state index in [9.17, 15) is 13.2 Å². The van der Waals surface area contributed by atoms with E-state index in [1.807, 2.05) is 31.1 Å². The molecule has 0 bridgehead atoms. The van der Waals surface area contributed by atoms with Crippen LogP contribution < -0.4 is 9.70 Å². The van der Waals surface area contributed by atoms with Gasteiger partial charge in [-0.3, -0.25) is 4.79 Å². The Hall–Kier alpha value is -2.45. The Bertz CT molecular complexity index is 1150. The lowest BCUT2D eigenvalue weighted by molar-refractivity contribution is 0.0998. The number of sulfone groups is 1. The molecule has 3 aromatic rings. The average molecular weight is 390 g/mol. The van der Waals surface area contributed by atoms with E-state index in [0.29, 0.717) is 10.4 Å². The molecule has 0 unspecified atom stereocenters. The molecule has 26 heavy (non-hydrogen) atoms. The number of rotatable bonds is 3. The summed E-state index contributed by atoms with van der Waals surface area (Å²) in [6.45, 7) is 0. The lowest BCUT2D eigenvalue weighted by Gasteiger charge is -2.11. The quantitative estimate of drug-likeness (QED) is 0.690. The molecule has 0 saturated heterocycles. The molecular formula is C18H19N3O3S2. The molecule has 1 aromatic heterocycles. The summed E-state index contributed by atoms with van der Waals surface area (Å²) in [4.78, 5) is 19.4. The largest absolute Gasteiger partial charge is 0.378 e. The van der Waals surface area contributed by atoms with Crippen LogP contribution in [-0.4, -0.2) is 39.2 Å². The standard InChI is InChI=1S/C18H19N3O3S2/c1-20(2)13-7-5-12(6-8-13)17(22)19-18-21(3)15-10-9-14(26(4,23)24)11-16(15)25-18/h5-11H,1-4H3. The number of thiazole rings is 1. The van der Waals surface area contributed by atoms with Gasteiger partial charge in [-0.25, -0.2) is 8.42 Å². The van der Waals surface area contributed by atoms with E-state index in [-0.39, 0.29) is 10.8 Å². The van der Waals surface area contributed by atoms with Crippen molar-refractivity contribution < 1.29 is 13.2 Å². The molecule has 0 fully saturated rings. The van der Waals surface area contributed by atoms with Gasteiger partial charge >= 0.3 is 0 Å². The average Bonchev–Trinajstić information content (AvgIpc) is 2.89. The van der Waals surface area contributed by atoms with Crippen molar-refractivity contribution in [3.63, 3.8) is 0 Å². The highest BCUT2D eigenvalue weighted by Gasteiger charge is 2.12. The molecule has 6 nitrogen and oxygen atoms in total. The van der Waals surface area contributed by atoms with Gasteiger partial charge in [0.1, 0.15) is 0 Å². The van der Waals surface area contributed by atoms with Gasteiger partial charge in [0.15, 0.2) is 14.6 Å². The summed E-state index contributed by atoms with van der Waals surface area (Å²) >= 11 is 1.29. The number of carbonyl (C=O) groups is 1. The van der Waals surface area contributed by atoms with Crippen LogP contribution >= 0.6 is 11.3 Å². The number of hydrogen-bond acceptors (Lipinski definition) is 5. The summed E-state index contributed by atoms with van der Waals surface area (Å²) in [7, 11) is 2.39. The van der Waals surface area contributed by atoms with E-state index in [2.05, 4.69) is 4.99 Å². The Morgan fingerprint density at radius 1 is 1.12 bits per heavy atom. The molecule has 0 aliphatic heterocycles. The SMILES string of the molecule is CN(C)c1ccc(C(=O)N=c2sc3cc(S(C)(=O)=O)ccc3n2C)cc1. The fourth-order valence-electron chi connectivity index (χ4n) is 2.51. The van der Waals surface area contributed by atoms with Gasteiger partial charge in [-0.1, -0.05) is 11.3 Å². The van der Waals surface area contributed by atoms with Crippen molar-refractivity contribution in [2.24, 2.45) is 12.0 Å². The number of hydrogen-bond donors (Lipinski definition) is 0. The summed E-state index contributed by atoms with van der Waals surface area (Å²) in [5.41, 5.74) is 2.34. The van der Waals surface area contributed by atoms with Gasteiger partial charge in [-0.15, -0.1) is 0 Å². The second-order valence-corrected chi connectivity index (χ2v) is 9.23. The number of aromatic nitrogens is 1. The molecule has 0 aliphatic carbocycles. The van der Waals surface area contributed by atoms with Crippen molar-refractivity contribution in [2.45, 2.75) is 4.90 Å². The van der Waals surface area contributed by atoms with Crippen molar-refractivity contribution in [2.75, 3.05) is 25.3 Å². The van der Waals surface area contributed by atoms with Crippen molar-refractivity contribution in [3.8, 4) is 0 Å². The number of fused-ring (bicyclic) bond motifs is 1. The van der Waals surface area contributed by atoms with Gasteiger partial charge in [0.25, 0.3) is 5.91 Å². The second-order valence-electron chi connectivity index (χ2n) is 6.20. The van der Waals surface area contributed by atoms with Gasteiger partial charge in [-0.05, 0) is 42.5 Å². The molecule has 0 aliphatic rings. The molecule has 0 saturated carbocycles. The molecular weight excluding hydrogens is 370 g/mol. The zero-order chi connectivity index (χ0) is 19.1. The van der Waals surface area contributed by atoms with E-state index in [4.69, 9.17) is 0 Å². The minimum atomic E-state index is -3.28. The molecule has 2 aromatic carbocycles. The first kappa shape index (κ1) is 18.3. The maximum absolute atomic E-state index is 12.5. The zero-order valence-electron chi connectivity index (χ0n) is 14.9. The summed E-state index contributed by atoms with van der Waals surface area (Å²) in [6.07, 6.45) is 1.17. The highest BCUT2D eigenvalue weighted by molar-refractivity contribution is 7.90. The normalized spacial score (nSPS) is 12.5. The maximum Gasteiger partial charge on any atom is 0.279 e. The fourth-order valence-corrected chi connectivity index (χ4v) is 4.28. The molecule has 0 radical (unpaired) electrons. The molecule has 0 atom stereocenters. The highest BCUT2D eigenvalue weighted by atomic mass is 32.2. The minimum Gasteiger partial charge on any atom is -0.378 e. The van der Waals surface area contributed by atoms with Crippen molar-refractivity contribution >= 4 is 43.0 Å². The topological polar surface area (TPSA) is 71.7 Å². The molecule has 0 N–H and O–H groups in total. The molecule has 0 spiro atoms. The number of carbonyl (C=O) groups excluding carboxylic acids is 1. The maximum atomic E-state index is 12.5. The van der Waals surface area contributed by atoms with Gasteiger partial charge in [0.05, 0.1) is 15.1 Å². The molecule has 1 heterocycles. The Morgan fingerprint density at radius 3 is 2.35 bits per heavy atom. The van der Waals surface area contributed by atoms with Gasteiger partial charge in [0, 0.05) is 38.6 Å². The Labute approximate surface area is 156 Å². The monoisotopic (exact) mass is 389 g/mol.